The molecule has 4 nitrogen and oxygen atoms in total. The van der Waals surface area contributed by atoms with Crippen molar-refractivity contribution in [2.45, 2.75) is 11.6 Å². The van der Waals surface area contributed by atoms with Crippen LogP contribution in [0.25, 0.3) is 0 Å². The predicted molar refractivity (Wildman–Crippen MR) is 85.0 cm³/mol. The second kappa shape index (κ2) is 8.29. The first-order valence-corrected chi connectivity index (χ1v) is 5.90. The zero-order valence-electron chi connectivity index (χ0n) is 10.9. The molecule has 2 atom stereocenters. The molecule has 6 heteroatoms. The minimum absolute atomic E-state index is 0. The predicted octanol–water partition coefficient (Wildman–Crippen LogP) is 1.47. The van der Waals surface area contributed by atoms with Crippen molar-refractivity contribution in [1.29, 1.82) is 0 Å². The van der Waals surface area contributed by atoms with Gasteiger partial charge in [0.05, 0.1) is 18.8 Å². The number of hydrogen-bond acceptors (Lipinski definition) is 4. The first-order valence-electron chi connectivity index (χ1n) is 5.90. The maximum atomic E-state index is 8.73. The monoisotopic (exact) mass is 318 g/mol. The van der Waals surface area contributed by atoms with Gasteiger partial charge in [0, 0.05) is 5.70 Å². The van der Waals surface area contributed by atoms with Gasteiger partial charge in [-0.2, -0.15) is 0 Å². The van der Waals surface area contributed by atoms with E-state index in [2.05, 4.69) is 0 Å². The van der Waals surface area contributed by atoms with Gasteiger partial charge in [-0.05, 0) is 11.6 Å². The Hall–Kier alpha value is -1.04. The summed E-state index contributed by atoms with van der Waals surface area (Å²) in [6.07, 6.45) is 5.20. The summed E-state index contributed by atoms with van der Waals surface area (Å²) in [6, 6.07) is 9.75. The van der Waals surface area contributed by atoms with Gasteiger partial charge < -0.3 is 21.3 Å². The van der Waals surface area contributed by atoms with Crippen LogP contribution in [-0.4, -0.2) is 24.4 Å². The van der Waals surface area contributed by atoms with Crippen LogP contribution in [0.1, 0.15) is 5.56 Å². The standard InChI is InChI=1S/C14H18N2O2.2ClH/c15-12-10-14(16,11-4-2-1-3-5-11)7-6-13(12)18-9-8-17;;/h1-7,10,13,17H,8-9,15-16H2;2*1H. The summed E-state index contributed by atoms with van der Waals surface area (Å²) >= 11 is 0. The summed E-state index contributed by atoms with van der Waals surface area (Å²) in [7, 11) is 0. The molecule has 2 unspecified atom stereocenters. The highest BCUT2D eigenvalue weighted by Crippen LogP contribution is 2.27. The van der Waals surface area contributed by atoms with E-state index in [1.165, 1.54) is 0 Å². The van der Waals surface area contributed by atoms with E-state index in [0.717, 1.165) is 5.56 Å². The Labute approximate surface area is 131 Å². The van der Waals surface area contributed by atoms with Crippen molar-refractivity contribution < 1.29 is 9.84 Å². The van der Waals surface area contributed by atoms with E-state index in [1.807, 2.05) is 42.5 Å². The normalized spacial score (nSPS) is 24.3. The maximum absolute atomic E-state index is 8.73. The Morgan fingerprint density at radius 2 is 1.85 bits per heavy atom. The highest BCUT2D eigenvalue weighted by atomic mass is 35.5. The Balaban J connectivity index is 0.00000180. The number of ether oxygens (including phenoxy) is 1. The fourth-order valence-electron chi connectivity index (χ4n) is 2.00. The van der Waals surface area contributed by atoms with E-state index < -0.39 is 5.54 Å². The fraction of sp³-hybridized carbons (Fsp3) is 0.286. The third-order valence-electron chi connectivity index (χ3n) is 2.94. The molecule has 0 heterocycles. The first kappa shape index (κ1) is 19.0. The molecular formula is C14H20Cl2N2O2. The Morgan fingerprint density at radius 3 is 2.40 bits per heavy atom. The molecule has 0 radical (unpaired) electrons. The van der Waals surface area contributed by atoms with Gasteiger partial charge in [-0.1, -0.05) is 42.5 Å². The molecule has 2 rings (SSSR count). The third kappa shape index (κ3) is 4.23. The zero-order chi connectivity index (χ0) is 13.0. The highest BCUT2D eigenvalue weighted by Gasteiger charge is 2.27. The van der Waals surface area contributed by atoms with Crippen LogP contribution < -0.4 is 11.5 Å². The summed E-state index contributed by atoms with van der Waals surface area (Å²) in [6.45, 7) is 0.233. The number of aliphatic hydroxyl groups is 1. The third-order valence-corrected chi connectivity index (χ3v) is 2.94. The number of nitrogens with two attached hydrogens (primary N) is 2. The highest BCUT2D eigenvalue weighted by molar-refractivity contribution is 5.85. The summed E-state index contributed by atoms with van der Waals surface area (Å²) in [5.74, 6) is 0. The lowest BCUT2D eigenvalue weighted by Crippen LogP contribution is -2.38. The lowest BCUT2D eigenvalue weighted by atomic mass is 9.85. The molecule has 0 fully saturated rings. The van der Waals surface area contributed by atoms with Gasteiger partial charge >= 0.3 is 0 Å². The van der Waals surface area contributed by atoms with E-state index in [4.69, 9.17) is 21.3 Å². The van der Waals surface area contributed by atoms with Crippen molar-refractivity contribution in [2.24, 2.45) is 11.5 Å². The van der Waals surface area contributed by atoms with Crippen LogP contribution in [0.3, 0.4) is 0 Å². The lowest BCUT2D eigenvalue weighted by molar-refractivity contribution is 0.0698. The Bertz CT molecular complexity index is 466. The van der Waals surface area contributed by atoms with E-state index in [-0.39, 0.29) is 44.1 Å². The van der Waals surface area contributed by atoms with E-state index in [1.54, 1.807) is 6.08 Å². The van der Waals surface area contributed by atoms with Crippen LogP contribution in [0.15, 0.2) is 54.3 Å². The van der Waals surface area contributed by atoms with Crippen LogP contribution in [-0.2, 0) is 10.3 Å². The fourth-order valence-corrected chi connectivity index (χ4v) is 2.00. The molecule has 0 saturated heterocycles. The quantitative estimate of drug-likeness (QED) is 0.734. The molecule has 0 saturated carbocycles. The molecule has 1 aromatic carbocycles. The minimum Gasteiger partial charge on any atom is -0.400 e. The second-order valence-electron chi connectivity index (χ2n) is 4.32. The smallest absolute Gasteiger partial charge is 0.115 e. The summed E-state index contributed by atoms with van der Waals surface area (Å²) < 4.78 is 5.39. The molecule has 0 amide bonds. The number of benzene rings is 1. The average molecular weight is 319 g/mol. The van der Waals surface area contributed by atoms with Crippen LogP contribution in [0.4, 0.5) is 0 Å². The molecule has 5 N–H and O–H groups in total. The van der Waals surface area contributed by atoms with Crippen molar-refractivity contribution in [1.82, 2.24) is 0 Å². The van der Waals surface area contributed by atoms with Gasteiger partial charge in [-0.25, -0.2) is 0 Å². The van der Waals surface area contributed by atoms with Gasteiger partial charge in [0.15, 0.2) is 0 Å². The van der Waals surface area contributed by atoms with E-state index in [0.29, 0.717) is 5.70 Å². The van der Waals surface area contributed by atoms with Crippen LogP contribution in [0.2, 0.25) is 0 Å². The van der Waals surface area contributed by atoms with E-state index >= 15 is 0 Å². The van der Waals surface area contributed by atoms with Crippen molar-refractivity contribution in [3.8, 4) is 0 Å². The molecular weight excluding hydrogens is 299 g/mol. The molecule has 20 heavy (non-hydrogen) atoms. The molecule has 1 aliphatic carbocycles. The Morgan fingerprint density at radius 1 is 1.20 bits per heavy atom. The molecule has 1 aromatic rings. The summed E-state index contributed by atoms with van der Waals surface area (Å²) in [4.78, 5) is 0. The zero-order valence-corrected chi connectivity index (χ0v) is 12.6. The molecule has 112 valence electrons. The number of hydrogen-bond donors (Lipinski definition) is 3. The maximum Gasteiger partial charge on any atom is 0.115 e. The van der Waals surface area contributed by atoms with Gasteiger partial charge in [-0.3, -0.25) is 0 Å². The average Bonchev–Trinajstić information content (AvgIpc) is 2.39. The van der Waals surface area contributed by atoms with Crippen molar-refractivity contribution in [3.63, 3.8) is 0 Å². The van der Waals surface area contributed by atoms with Gasteiger partial charge in [0.25, 0.3) is 0 Å². The van der Waals surface area contributed by atoms with Gasteiger partial charge in [0.2, 0.25) is 0 Å². The van der Waals surface area contributed by atoms with Crippen molar-refractivity contribution in [3.05, 3.63) is 59.8 Å². The number of halogens is 2. The molecule has 0 aromatic heterocycles. The first-order chi connectivity index (χ1) is 8.65. The van der Waals surface area contributed by atoms with Crippen LogP contribution in [0, 0.1) is 0 Å². The van der Waals surface area contributed by atoms with Crippen LogP contribution in [0.5, 0.6) is 0 Å². The topological polar surface area (TPSA) is 81.5 Å². The van der Waals surface area contributed by atoms with Crippen molar-refractivity contribution in [2.75, 3.05) is 13.2 Å². The molecule has 0 bridgehead atoms. The SMILES string of the molecule is Cl.Cl.NC1=CC(N)(c2ccccc2)C=CC1OCCO. The lowest BCUT2D eigenvalue weighted by Gasteiger charge is -2.29. The second-order valence-corrected chi connectivity index (χ2v) is 4.32. The largest absolute Gasteiger partial charge is 0.400 e. The molecule has 1 aliphatic rings. The van der Waals surface area contributed by atoms with Crippen LogP contribution >= 0.6 is 24.8 Å². The van der Waals surface area contributed by atoms with Gasteiger partial charge in [0.1, 0.15) is 6.10 Å². The van der Waals surface area contributed by atoms with Crippen molar-refractivity contribution >= 4 is 24.8 Å². The minimum atomic E-state index is -0.690. The van der Waals surface area contributed by atoms with Gasteiger partial charge in [-0.15, -0.1) is 24.8 Å². The van der Waals surface area contributed by atoms with E-state index in [9.17, 15) is 0 Å². The number of aliphatic hydroxyl groups excluding tert-OH is 1. The number of rotatable bonds is 4. The summed E-state index contributed by atoms with van der Waals surface area (Å²) in [5.41, 5.74) is 13.1. The Kier molecular flexibility index (Phi) is 7.86. The summed E-state index contributed by atoms with van der Waals surface area (Å²) in [5, 5.41) is 8.73. The molecule has 0 aliphatic heterocycles. The molecule has 0 spiro atoms.